The molecule has 0 bridgehead atoms. The van der Waals surface area contributed by atoms with Crippen LogP contribution in [0.5, 0.6) is 5.75 Å². The molecule has 2 aromatic carbocycles. The second kappa shape index (κ2) is 9.24. The summed E-state index contributed by atoms with van der Waals surface area (Å²) in [5, 5.41) is 15.7. The van der Waals surface area contributed by atoms with E-state index in [1.165, 1.54) is 22.3 Å². The topological polar surface area (TPSA) is 91.0 Å². The lowest BCUT2D eigenvalue weighted by Gasteiger charge is -2.20. The first-order valence-electron chi connectivity index (χ1n) is 10.4. The second-order valence-corrected chi connectivity index (χ2v) is 8.99. The fourth-order valence-corrected chi connectivity index (χ4v) is 4.46. The minimum absolute atomic E-state index is 0.0442. The number of amidine groups is 2. The third-order valence-corrected chi connectivity index (χ3v) is 6.40. The molecule has 0 saturated heterocycles. The maximum atomic E-state index is 12.7. The van der Waals surface area contributed by atoms with Crippen molar-refractivity contribution in [3.05, 3.63) is 99.8 Å². The van der Waals surface area contributed by atoms with Gasteiger partial charge in [0.05, 0.1) is 10.6 Å². The molecule has 9 heteroatoms. The molecule has 1 amide bonds. The van der Waals surface area contributed by atoms with Gasteiger partial charge in [0.1, 0.15) is 17.4 Å². The highest BCUT2D eigenvalue weighted by Gasteiger charge is 2.36. The van der Waals surface area contributed by atoms with Crippen molar-refractivity contribution < 1.29 is 9.53 Å². The van der Waals surface area contributed by atoms with Gasteiger partial charge in [-0.3, -0.25) is 15.2 Å². The van der Waals surface area contributed by atoms with Crippen molar-refractivity contribution in [3.8, 4) is 5.75 Å². The molecule has 3 aromatic rings. The van der Waals surface area contributed by atoms with Crippen LogP contribution in [0.25, 0.3) is 6.08 Å². The first kappa shape index (κ1) is 22.1. The fourth-order valence-electron chi connectivity index (χ4n) is 3.33. The van der Waals surface area contributed by atoms with Crippen molar-refractivity contribution in [1.82, 2.24) is 9.99 Å². The summed E-state index contributed by atoms with van der Waals surface area (Å²) in [6.45, 7) is 2.43. The molecule has 3 heterocycles. The Kier molecular flexibility index (Phi) is 6.00. The average molecular weight is 488 g/mol. The lowest BCUT2D eigenvalue weighted by Crippen LogP contribution is -2.35. The summed E-state index contributed by atoms with van der Waals surface area (Å²) in [5.74, 6) is -0.00387. The lowest BCUT2D eigenvalue weighted by atomic mass is 10.1. The number of nitrogens with one attached hydrogen (secondary N) is 1. The summed E-state index contributed by atoms with van der Waals surface area (Å²) in [5.41, 5.74) is 3.80. The van der Waals surface area contributed by atoms with Crippen LogP contribution in [0.3, 0.4) is 0 Å². The zero-order chi connectivity index (χ0) is 23.7. The van der Waals surface area contributed by atoms with Crippen LogP contribution in [0.1, 0.15) is 22.3 Å². The Morgan fingerprint density at radius 1 is 1.18 bits per heavy atom. The van der Waals surface area contributed by atoms with E-state index in [0.717, 1.165) is 11.1 Å². The number of hydrogen-bond donors (Lipinski definition) is 1. The number of aromatic nitrogens is 1. The highest BCUT2D eigenvalue weighted by atomic mass is 35.5. The number of hydrazone groups is 1. The molecule has 0 saturated carbocycles. The van der Waals surface area contributed by atoms with Crippen LogP contribution >= 0.6 is 23.4 Å². The average Bonchev–Trinajstić information content (AvgIpc) is 3.27. The van der Waals surface area contributed by atoms with Gasteiger partial charge in [-0.25, -0.2) is 0 Å². The third kappa shape index (κ3) is 4.50. The number of thioether (sulfide) groups is 1. The Labute approximate surface area is 205 Å². The minimum Gasteiger partial charge on any atom is -0.487 e. The van der Waals surface area contributed by atoms with Gasteiger partial charge in [0.25, 0.3) is 5.91 Å². The summed E-state index contributed by atoms with van der Waals surface area (Å²) in [4.78, 5) is 20.9. The number of carbonyl (C=O) groups excluding carboxylic acids is 1. The van der Waals surface area contributed by atoms with Crippen molar-refractivity contribution in [2.75, 3.05) is 0 Å². The first-order valence-corrected chi connectivity index (χ1v) is 11.6. The molecule has 34 heavy (non-hydrogen) atoms. The molecule has 168 valence electrons. The van der Waals surface area contributed by atoms with Crippen LogP contribution in [0.4, 0.5) is 0 Å². The number of pyridine rings is 1. The molecule has 0 atom stereocenters. The molecular weight excluding hydrogens is 470 g/mol. The van der Waals surface area contributed by atoms with E-state index >= 15 is 0 Å². The monoisotopic (exact) mass is 487 g/mol. The van der Waals surface area contributed by atoms with E-state index < -0.39 is 5.91 Å². The van der Waals surface area contributed by atoms with Gasteiger partial charge in [-0.05, 0) is 60.2 Å². The molecule has 0 aliphatic carbocycles. The Balaban J connectivity index is 1.35. The summed E-state index contributed by atoms with van der Waals surface area (Å²) >= 11 is 7.66. The number of nitrogens with zero attached hydrogens (tertiary/aromatic N) is 4. The quantitative estimate of drug-likeness (QED) is 0.494. The van der Waals surface area contributed by atoms with E-state index in [1.54, 1.807) is 42.7 Å². The molecule has 2 aliphatic heterocycles. The number of fused-ring (bicyclic) bond motifs is 1. The van der Waals surface area contributed by atoms with Crippen molar-refractivity contribution >= 4 is 51.4 Å². The molecule has 0 radical (unpaired) electrons. The van der Waals surface area contributed by atoms with Gasteiger partial charge in [0, 0.05) is 18.0 Å². The van der Waals surface area contributed by atoms with Crippen LogP contribution in [-0.2, 0) is 11.4 Å². The molecule has 0 fully saturated rings. The first-order chi connectivity index (χ1) is 16.5. The summed E-state index contributed by atoms with van der Waals surface area (Å²) < 4.78 is 5.84. The van der Waals surface area contributed by atoms with E-state index in [1.807, 2.05) is 37.3 Å². The highest BCUT2D eigenvalue weighted by Crippen LogP contribution is 2.32. The van der Waals surface area contributed by atoms with E-state index in [9.17, 15) is 4.79 Å². The molecule has 5 rings (SSSR count). The Bertz CT molecular complexity index is 1380. The predicted octanol–water partition coefficient (Wildman–Crippen LogP) is 5.29. The molecular formula is C25H18ClN5O2S. The smallest absolute Gasteiger partial charge is 0.283 e. The number of aryl methyl sites for hydroxylation is 1. The van der Waals surface area contributed by atoms with E-state index in [0.29, 0.717) is 33.2 Å². The molecule has 7 nitrogen and oxygen atoms in total. The molecule has 0 spiro atoms. The van der Waals surface area contributed by atoms with E-state index in [2.05, 4.69) is 15.1 Å². The van der Waals surface area contributed by atoms with E-state index in [-0.39, 0.29) is 11.4 Å². The van der Waals surface area contributed by atoms with Crippen molar-refractivity contribution in [2.24, 2.45) is 10.1 Å². The lowest BCUT2D eigenvalue weighted by molar-refractivity contribution is -0.114. The maximum Gasteiger partial charge on any atom is 0.283 e. The second-order valence-electron chi connectivity index (χ2n) is 7.63. The largest absolute Gasteiger partial charge is 0.487 e. The number of amides is 1. The summed E-state index contributed by atoms with van der Waals surface area (Å²) in [7, 11) is 0. The number of aliphatic imine (C=N–C) groups is 1. The van der Waals surface area contributed by atoms with Crippen molar-refractivity contribution in [1.29, 1.82) is 5.41 Å². The van der Waals surface area contributed by atoms with Gasteiger partial charge in [-0.15, -0.1) is 0 Å². The Morgan fingerprint density at radius 3 is 2.74 bits per heavy atom. The van der Waals surface area contributed by atoms with Gasteiger partial charge in [-0.1, -0.05) is 47.5 Å². The zero-order valence-corrected chi connectivity index (χ0v) is 19.6. The van der Waals surface area contributed by atoms with Gasteiger partial charge in [0.15, 0.2) is 5.84 Å². The minimum atomic E-state index is -0.498. The van der Waals surface area contributed by atoms with Crippen LogP contribution in [0.15, 0.2) is 82.7 Å². The number of benzene rings is 2. The number of ether oxygens (including phenoxy) is 1. The third-order valence-electron chi connectivity index (χ3n) is 5.14. The van der Waals surface area contributed by atoms with Gasteiger partial charge in [0.2, 0.25) is 5.17 Å². The molecule has 2 aliphatic rings. The van der Waals surface area contributed by atoms with Crippen LogP contribution in [0, 0.1) is 12.3 Å². The Hall–Kier alpha value is -3.75. The van der Waals surface area contributed by atoms with Crippen molar-refractivity contribution in [3.63, 3.8) is 0 Å². The fraction of sp³-hybridized carbons (Fsp3) is 0.0800. The van der Waals surface area contributed by atoms with Crippen LogP contribution in [0.2, 0.25) is 5.02 Å². The van der Waals surface area contributed by atoms with Crippen molar-refractivity contribution in [2.45, 2.75) is 13.5 Å². The predicted molar refractivity (Wildman–Crippen MR) is 135 cm³/mol. The number of rotatable bonds is 5. The highest BCUT2D eigenvalue weighted by molar-refractivity contribution is 8.27. The SMILES string of the molecule is Cc1ccc(COc2ccc(C=C3C(=N)N4N=C(c5cccnc5)SC4=NC3=O)cc2Cl)cc1. The maximum absolute atomic E-state index is 12.7. The van der Waals surface area contributed by atoms with E-state index in [4.69, 9.17) is 21.7 Å². The molecule has 1 N–H and O–H groups in total. The van der Waals surface area contributed by atoms with Gasteiger partial charge < -0.3 is 4.74 Å². The van der Waals surface area contributed by atoms with Crippen LogP contribution < -0.4 is 4.74 Å². The normalized spacial score (nSPS) is 16.4. The van der Waals surface area contributed by atoms with Gasteiger partial charge in [-0.2, -0.15) is 15.1 Å². The number of carbonyl (C=O) groups is 1. The molecule has 1 aromatic heterocycles. The molecule has 0 unspecified atom stereocenters. The van der Waals surface area contributed by atoms with Gasteiger partial charge >= 0.3 is 0 Å². The Morgan fingerprint density at radius 2 is 2.00 bits per heavy atom. The number of hydrogen-bond acceptors (Lipinski definition) is 6. The number of halogens is 1. The summed E-state index contributed by atoms with van der Waals surface area (Å²) in [6, 6.07) is 17.0. The zero-order valence-electron chi connectivity index (χ0n) is 18.0. The van der Waals surface area contributed by atoms with Crippen LogP contribution in [-0.4, -0.2) is 31.9 Å². The summed E-state index contributed by atoms with van der Waals surface area (Å²) in [6.07, 6.45) is 4.94. The standard InChI is InChI=1S/C25H18ClN5O2S/c1-15-4-6-16(7-5-15)14-33-21-9-8-17(12-20(21)26)11-19-22(27)31-25(29-23(19)32)34-24(30-31)18-3-2-10-28-13-18/h2-13,27H,14H2,1H3.